The van der Waals surface area contributed by atoms with Crippen molar-refractivity contribution in [3.63, 3.8) is 0 Å². The third-order valence-corrected chi connectivity index (χ3v) is 6.90. The van der Waals surface area contributed by atoms with E-state index in [1.165, 1.54) is 6.07 Å². The molecule has 0 bridgehead atoms. The van der Waals surface area contributed by atoms with E-state index in [9.17, 15) is 22.4 Å². The highest BCUT2D eigenvalue weighted by Gasteiger charge is 2.46. The first-order valence-corrected chi connectivity index (χ1v) is 11.1. The first-order valence-electron chi connectivity index (χ1n) is 11.1. The minimum atomic E-state index is -4.56. The molecule has 1 unspecified atom stereocenters. The van der Waals surface area contributed by atoms with Crippen LogP contribution >= 0.6 is 0 Å². The Morgan fingerprint density at radius 1 is 1.09 bits per heavy atom. The summed E-state index contributed by atoms with van der Waals surface area (Å²) in [5.74, 6) is 0.0575. The van der Waals surface area contributed by atoms with Crippen LogP contribution in [0.1, 0.15) is 61.0 Å². The molecule has 2 aliphatic rings. The minimum absolute atomic E-state index is 0.0252. The van der Waals surface area contributed by atoms with Crippen molar-refractivity contribution in [3.8, 4) is 0 Å². The highest BCUT2D eigenvalue weighted by molar-refractivity contribution is 5.79. The van der Waals surface area contributed by atoms with Crippen molar-refractivity contribution in [3.05, 3.63) is 70.8 Å². The van der Waals surface area contributed by atoms with Crippen LogP contribution in [0.3, 0.4) is 0 Å². The lowest BCUT2D eigenvalue weighted by Gasteiger charge is -2.46. The molecule has 4 rings (SSSR count). The summed E-state index contributed by atoms with van der Waals surface area (Å²) in [5.41, 5.74) is -0.407. The maximum absolute atomic E-state index is 13.3. The Kier molecular flexibility index (Phi) is 6.51. The van der Waals surface area contributed by atoms with Crippen LogP contribution in [0.2, 0.25) is 0 Å². The Hall–Kier alpha value is -2.45. The number of ether oxygens (including phenoxy) is 1. The average molecular weight is 465 g/mol. The summed E-state index contributed by atoms with van der Waals surface area (Å²) in [7, 11) is 0. The second-order valence-corrected chi connectivity index (χ2v) is 9.18. The number of carbonyl (C=O) groups is 1. The zero-order chi connectivity index (χ0) is 23.7. The lowest BCUT2D eigenvalue weighted by molar-refractivity contribution is -0.137. The lowest BCUT2D eigenvalue weighted by Crippen LogP contribution is -2.61. The number of piperidine rings is 1. The molecule has 2 saturated heterocycles. The normalized spacial score (nSPS) is 26.4. The molecule has 2 aromatic carbocycles. The molecule has 33 heavy (non-hydrogen) atoms. The molecule has 3 atom stereocenters. The number of rotatable bonds is 6. The van der Waals surface area contributed by atoms with Crippen LogP contribution in [0.15, 0.2) is 48.5 Å². The molecule has 1 spiro atoms. The summed E-state index contributed by atoms with van der Waals surface area (Å²) in [5, 5.41) is 6.69. The topological polar surface area (TPSA) is 50.4 Å². The number of hydrogen-bond acceptors (Lipinski definition) is 3. The van der Waals surface area contributed by atoms with Gasteiger partial charge in [0.25, 0.3) is 0 Å². The van der Waals surface area contributed by atoms with Gasteiger partial charge in [-0.25, -0.2) is 4.39 Å². The fraction of sp³-hybridized carbons (Fsp3) is 0.480. The third-order valence-electron chi connectivity index (χ3n) is 6.90. The maximum atomic E-state index is 13.3. The Balaban J connectivity index is 1.54. The van der Waals surface area contributed by atoms with E-state index in [0.717, 1.165) is 30.5 Å². The van der Waals surface area contributed by atoms with E-state index in [1.54, 1.807) is 6.92 Å². The first kappa shape index (κ1) is 23.7. The van der Waals surface area contributed by atoms with Crippen LogP contribution in [-0.2, 0) is 27.9 Å². The van der Waals surface area contributed by atoms with Crippen LogP contribution < -0.4 is 10.6 Å². The number of alkyl halides is 4. The Morgan fingerprint density at radius 3 is 2.42 bits per heavy atom. The molecule has 2 N–H and O–H groups in total. The smallest absolute Gasteiger partial charge is 0.372 e. The largest absolute Gasteiger partial charge is 0.416 e. The monoisotopic (exact) mass is 464 g/mol. The Bertz CT molecular complexity index is 986. The molecule has 0 aliphatic carbocycles. The summed E-state index contributed by atoms with van der Waals surface area (Å²) in [4.78, 5) is 11.8. The lowest BCUT2D eigenvalue weighted by atomic mass is 9.76. The summed E-state index contributed by atoms with van der Waals surface area (Å²) in [6.07, 6.45) is -2.47. The fourth-order valence-corrected chi connectivity index (χ4v) is 4.83. The van der Waals surface area contributed by atoms with Gasteiger partial charge in [-0.05, 0) is 55.0 Å². The quantitative estimate of drug-likeness (QED) is 0.580. The van der Waals surface area contributed by atoms with E-state index in [2.05, 4.69) is 10.6 Å². The minimum Gasteiger partial charge on any atom is -0.372 e. The molecule has 4 nitrogen and oxygen atoms in total. The van der Waals surface area contributed by atoms with E-state index in [4.69, 9.17) is 4.74 Å². The highest BCUT2D eigenvalue weighted by atomic mass is 19.4. The van der Waals surface area contributed by atoms with Gasteiger partial charge in [0.15, 0.2) is 0 Å². The van der Waals surface area contributed by atoms with Crippen molar-refractivity contribution in [2.24, 2.45) is 0 Å². The second kappa shape index (κ2) is 9.06. The van der Waals surface area contributed by atoms with Crippen molar-refractivity contribution in [2.45, 2.75) is 62.6 Å². The molecule has 0 radical (unpaired) electrons. The Morgan fingerprint density at radius 2 is 1.85 bits per heavy atom. The number of amides is 1. The van der Waals surface area contributed by atoms with Gasteiger partial charge in [0.2, 0.25) is 5.91 Å². The van der Waals surface area contributed by atoms with Gasteiger partial charge in [-0.1, -0.05) is 36.4 Å². The molecular formula is C25H28F4N2O2. The molecular weight excluding hydrogens is 436 g/mol. The van der Waals surface area contributed by atoms with E-state index < -0.39 is 30.1 Å². The van der Waals surface area contributed by atoms with E-state index in [0.29, 0.717) is 19.4 Å². The van der Waals surface area contributed by atoms with Crippen molar-refractivity contribution < 1.29 is 27.1 Å². The fourth-order valence-electron chi connectivity index (χ4n) is 4.83. The number of hydrogen-bond donors (Lipinski definition) is 2. The van der Waals surface area contributed by atoms with Crippen molar-refractivity contribution in [1.82, 2.24) is 10.6 Å². The third kappa shape index (κ3) is 5.06. The molecule has 1 amide bonds. The predicted molar refractivity (Wildman–Crippen MR) is 116 cm³/mol. The van der Waals surface area contributed by atoms with E-state index >= 15 is 0 Å². The van der Waals surface area contributed by atoms with E-state index in [-0.39, 0.29) is 29.2 Å². The van der Waals surface area contributed by atoms with Crippen molar-refractivity contribution in [2.75, 3.05) is 13.2 Å². The van der Waals surface area contributed by atoms with Crippen molar-refractivity contribution >= 4 is 5.91 Å². The number of carbonyl (C=O) groups excluding carboxylic acids is 1. The van der Waals surface area contributed by atoms with Crippen LogP contribution in [-0.4, -0.2) is 24.6 Å². The first-order chi connectivity index (χ1) is 15.6. The number of halogens is 4. The molecule has 2 heterocycles. The molecule has 178 valence electrons. The van der Waals surface area contributed by atoms with Crippen LogP contribution in [0, 0.1) is 0 Å². The predicted octanol–water partition coefficient (Wildman–Crippen LogP) is 5.18. The standard InChI is InChI=1S/C25H28F4N2O2/c1-17(19-11-18(14-26)12-21(13-19)25(27,28)29)33-16-24(20-5-3-2-4-6-20)10-9-23(15-30-24)8-7-22(32)31-23/h2-6,11-13,17,30H,7-10,14-16H2,1H3,(H,31,32)/t17?,23-,24-/m1/s1. The maximum Gasteiger partial charge on any atom is 0.416 e. The summed E-state index contributed by atoms with van der Waals surface area (Å²) in [6, 6.07) is 13.1. The average Bonchev–Trinajstić information content (AvgIpc) is 3.18. The SMILES string of the molecule is CC(OC[C@@]1(c2ccccc2)CC[C@]2(CCC(=O)N2)CN1)c1cc(CF)cc(C(F)(F)F)c1. The van der Waals surface area contributed by atoms with Gasteiger partial charge in [0.05, 0.1) is 29.4 Å². The zero-order valence-corrected chi connectivity index (χ0v) is 18.5. The summed E-state index contributed by atoms with van der Waals surface area (Å²) in [6.45, 7) is 1.51. The summed E-state index contributed by atoms with van der Waals surface area (Å²) >= 11 is 0. The second-order valence-electron chi connectivity index (χ2n) is 9.18. The summed E-state index contributed by atoms with van der Waals surface area (Å²) < 4.78 is 59.2. The molecule has 2 aliphatic heterocycles. The van der Waals surface area contributed by atoms with E-state index in [1.807, 2.05) is 30.3 Å². The van der Waals surface area contributed by atoms with Gasteiger partial charge in [-0.15, -0.1) is 0 Å². The van der Waals surface area contributed by atoms with Crippen LogP contribution in [0.5, 0.6) is 0 Å². The molecule has 2 aromatic rings. The van der Waals surface area contributed by atoms with Gasteiger partial charge in [-0.3, -0.25) is 4.79 Å². The number of benzene rings is 2. The Labute approximate surface area is 190 Å². The van der Waals surface area contributed by atoms with Crippen LogP contribution in [0.25, 0.3) is 0 Å². The molecule has 2 fully saturated rings. The van der Waals surface area contributed by atoms with Gasteiger partial charge < -0.3 is 15.4 Å². The van der Waals surface area contributed by atoms with Crippen molar-refractivity contribution in [1.29, 1.82) is 0 Å². The van der Waals surface area contributed by atoms with Gasteiger partial charge in [0.1, 0.15) is 6.67 Å². The van der Waals surface area contributed by atoms with Gasteiger partial charge in [-0.2, -0.15) is 13.2 Å². The molecule has 8 heteroatoms. The van der Waals surface area contributed by atoms with Crippen LogP contribution in [0.4, 0.5) is 17.6 Å². The molecule has 0 saturated carbocycles. The van der Waals surface area contributed by atoms with Gasteiger partial charge in [0, 0.05) is 13.0 Å². The zero-order valence-electron chi connectivity index (χ0n) is 18.5. The highest BCUT2D eigenvalue weighted by Crippen LogP contribution is 2.39. The van der Waals surface area contributed by atoms with Gasteiger partial charge >= 0.3 is 6.18 Å². The molecule has 0 aromatic heterocycles. The number of nitrogens with one attached hydrogen (secondary N) is 2.